The first-order valence-corrected chi connectivity index (χ1v) is 7.87. The van der Waals surface area contributed by atoms with Gasteiger partial charge in [0.15, 0.2) is 0 Å². The molecule has 0 rings (SSSR count). The molecule has 0 saturated heterocycles. The van der Waals surface area contributed by atoms with E-state index in [-0.39, 0.29) is 12.8 Å². The third kappa shape index (κ3) is 9.96. The SMILES string of the molecule is CCCCCCCC=C(C)C(=O)N[C@@H](CCC(N)=O)C(=O)O. The molecule has 0 aromatic carbocycles. The Labute approximate surface area is 132 Å². The number of carboxylic acids is 1. The van der Waals surface area contributed by atoms with Crippen molar-refractivity contribution in [1.82, 2.24) is 5.32 Å². The van der Waals surface area contributed by atoms with Crippen LogP contribution < -0.4 is 11.1 Å². The van der Waals surface area contributed by atoms with Gasteiger partial charge in [-0.3, -0.25) is 9.59 Å². The van der Waals surface area contributed by atoms with Crippen LogP contribution in [0.2, 0.25) is 0 Å². The van der Waals surface area contributed by atoms with Crippen molar-refractivity contribution in [3.8, 4) is 0 Å². The van der Waals surface area contributed by atoms with Gasteiger partial charge in [-0.1, -0.05) is 38.7 Å². The Kier molecular flexibility index (Phi) is 10.8. The molecule has 4 N–H and O–H groups in total. The predicted octanol–water partition coefficient (Wildman–Crippen LogP) is 2.13. The molecule has 0 aromatic rings. The molecule has 0 bridgehead atoms. The first-order valence-electron chi connectivity index (χ1n) is 7.87. The minimum Gasteiger partial charge on any atom is -0.480 e. The van der Waals surface area contributed by atoms with Crippen LogP contribution in [0.5, 0.6) is 0 Å². The van der Waals surface area contributed by atoms with Crippen LogP contribution in [0.4, 0.5) is 0 Å². The summed E-state index contributed by atoms with van der Waals surface area (Å²) < 4.78 is 0. The average Bonchev–Trinajstić information content (AvgIpc) is 2.45. The van der Waals surface area contributed by atoms with Gasteiger partial charge in [0.05, 0.1) is 0 Å². The van der Waals surface area contributed by atoms with E-state index in [9.17, 15) is 14.4 Å². The summed E-state index contributed by atoms with van der Waals surface area (Å²) in [6.07, 6.45) is 8.34. The molecule has 0 spiro atoms. The van der Waals surface area contributed by atoms with Gasteiger partial charge in [-0.15, -0.1) is 0 Å². The molecule has 0 aliphatic heterocycles. The van der Waals surface area contributed by atoms with E-state index in [1.807, 2.05) is 6.08 Å². The Bertz CT molecular complexity index is 405. The Hall–Kier alpha value is -1.85. The molecule has 0 unspecified atom stereocenters. The van der Waals surface area contributed by atoms with Crippen molar-refractivity contribution in [3.63, 3.8) is 0 Å². The molecule has 126 valence electrons. The molecule has 0 aliphatic rings. The minimum absolute atomic E-state index is 0.000699. The molecule has 1 atom stereocenters. The summed E-state index contributed by atoms with van der Waals surface area (Å²) in [6.45, 7) is 3.82. The maximum atomic E-state index is 11.9. The lowest BCUT2D eigenvalue weighted by Gasteiger charge is -2.13. The number of rotatable bonds is 12. The Morgan fingerprint density at radius 1 is 1.18 bits per heavy atom. The quantitative estimate of drug-likeness (QED) is 0.379. The predicted molar refractivity (Wildman–Crippen MR) is 85.1 cm³/mol. The number of hydrogen-bond donors (Lipinski definition) is 3. The highest BCUT2D eigenvalue weighted by molar-refractivity contribution is 5.95. The molecular weight excluding hydrogens is 284 g/mol. The van der Waals surface area contributed by atoms with E-state index in [4.69, 9.17) is 10.8 Å². The van der Waals surface area contributed by atoms with Crippen LogP contribution in [-0.4, -0.2) is 28.9 Å². The second-order valence-electron chi connectivity index (χ2n) is 5.46. The van der Waals surface area contributed by atoms with Gasteiger partial charge < -0.3 is 16.2 Å². The number of unbranched alkanes of at least 4 members (excludes halogenated alkanes) is 5. The smallest absolute Gasteiger partial charge is 0.326 e. The second kappa shape index (κ2) is 11.8. The van der Waals surface area contributed by atoms with Crippen LogP contribution in [0.1, 0.15) is 65.2 Å². The fourth-order valence-electron chi connectivity index (χ4n) is 1.98. The van der Waals surface area contributed by atoms with Crippen LogP contribution in [0.3, 0.4) is 0 Å². The average molecular weight is 312 g/mol. The molecule has 0 saturated carbocycles. The maximum absolute atomic E-state index is 11.9. The molecule has 0 radical (unpaired) electrons. The summed E-state index contributed by atoms with van der Waals surface area (Å²) in [5, 5.41) is 11.4. The Balaban J connectivity index is 4.23. The first-order chi connectivity index (χ1) is 10.4. The van der Waals surface area contributed by atoms with Crippen molar-refractivity contribution < 1.29 is 19.5 Å². The Morgan fingerprint density at radius 2 is 1.82 bits per heavy atom. The monoisotopic (exact) mass is 312 g/mol. The largest absolute Gasteiger partial charge is 0.480 e. The van der Waals surface area contributed by atoms with Gasteiger partial charge in [0.25, 0.3) is 0 Å². The summed E-state index contributed by atoms with van der Waals surface area (Å²) >= 11 is 0. The third-order valence-corrected chi connectivity index (χ3v) is 3.40. The van der Waals surface area contributed by atoms with Crippen LogP contribution in [-0.2, 0) is 14.4 Å². The lowest BCUT2D eigenvalue weighted by atomic mass is 10.1. The number of nitrogens with two attached hydrogens (primary N) is 1. The Morgan fingerprint density at radius 3 is 2.36 bits per heavy atom. The number of hydrogen-bond acceptors (Lipinski definition) is 3. The molecule has 6 nitrogen and oxygen atoms in total. The number of aliphatic carboxylic acids is 1. The highest BCUT2D eigenvalue weighted by Crippen LogP contribution is 2.08. The van der Waals surface area contributed by atoms with Crippen molar-refractivity contribution in [2.75, 3.05) is 0 Å². The van der Waals surface area contributed by atoms with Gasteiger partial charge in [0.1, 0.15) is 6.04 Å². The van der Waals surface area contributed by atoms with Crippen molar-refractivity contribution in [2.45, 2.75) is 71.3 Å². The first kappa shape index (κ1) is 20.1. The van der Waals surface area contributed by atoms with Crippen LogP contribution in [0, 0.1) is 0 Å². The maximum Gasteiger partial charge on any atom is 0.326 e. The fourth-order valence-corrected chi connectivity index (χ4v) is 1.98. The number of carbonyl (C=O) groups is 3. The van der Waals surface area contributed by atoms with Crippen LogP contribution in [0.15, 0.2) is 11.6 Å². The van der Waals surface area contributed by atoms with E-state index in [1.165, 1.54) is 19.3 Å². The van der Waals surface area contributed by atoms with Gasteiger partial charge in [-0.2, -0.15) is 0 Å². The summed E-state index contributed by atoms with van der Waals surface area (Å²) in [5.74, 6) is -2.16. The summed E-state index contributed by atoms with van der Waals surface area (Å²) in [6, 6.07) is -1.09. The molecule has 2 amide bonds. The fraction of sp³-hybridized carbons (Fsp3) is 0.688. The summed E-state index contributed by atoms with van der Waals surface area (Å²) in [7, 11) is 0. The van der Waals surface area contributed by atoms with Gasteiger partial charge in [0, 0.05) is 12.0 Å². The number of allylic oxidation sites excluding steroid dienone is 1. The van der Waals surface area contributed by atoms with Gasteiger partial charge in [0.2, 0.25) is 11.8 Å². The molecule has 0 aliphatic carbocycles. The van der Waals surface area contributed by atoms with Gasteiger partial charge in [-0.05, 0) is 26.2 Å². The van der Waals surface area contributed by atoms with Gasteiger partial charge >= 0.3 is 5.97 Å². The number of carboxylic acid groups (broad SMARTS) is 1. The molecular formula is C16H28N2O4. The highest BCUT2D eigenvalue weighted by Gasteiger charge is 2.20. The van der Waals surface area contributed by atoms with E-state index in [0.29, 0.717) is 5.57 Å². The van der Waals surface area contributed by atoms with E-state index in [0.717, 1.165) is 19.3 Å². The highest BCUT2D eigenvalue weighted by atomic mass is 16.4. The van der Waals surface area contributed by atoms with Gasteiger partial charge in [-0.25, -0.2) is 4.79 Å². The van der Waals surface area contributed by atoms with Crippen molar-refractivity contribution in [3.05, 3.63) is 11.6 Å². The van der Waals surface area contributed by atoms with Crippen LogP contribution >= 0.6 is 0 Å². The van der Waals surface area contributed by atoms with E-state index in [1.54, 1.807) is 6.92 Å². The number of carbonyl (C=O) groups excluding carboxylic acids is 2. The lowest BCUT2D eigenvalue weighted by Crippen LogP contribution is -2.41. The standard InChI is InChI=1S/C16H28N2O4/c1-3-4-5-6-7-8-9-12(2)15(20)18-13(16(21)22)10-11-14(17)19/h9,13H,3-8,10-11H2,1-2H3,(H2,17,19)(H,18,20)(H,21,22)/t13-/m0/s1. The minimum atomic E-state index is -1.16. The van der Waals surface area contributed by atoms with Crippen molar-refractivity contribution in [1.29, 1.82) is 0 Å². The molecule has 0 aromatic heterocycles. The van der Waals surface area contributed by atoms with Crippen molar-refractivity contribution in [2.24, 2.45) is 5.73 Å². The molecule has 0 fully saturated rings. The second-order valence-corrected chi connectivity index (χ2v) is 5.46. The normalized spacial score (nSPS) is 12.7. The lowest BCUT2D eigenvalue weighted by molar-refractivity contribution is -0.141. The summed E-state index contributed by atoms with van der Waals surface area (Å²) in [4.78, 5) is 33.7. The number of primary amides is 1. The molecule has 6 heteroatoms. The van der Waals surface area contributed by atoms with E-state index < -0.39 is 23.8 Å². The zero-order valence-electron chi connectivity index (χ0n) is 13.6. The zero-order valence-corrected chi connectivity index (χ0v) is 13.6. The number of nitrogens with one attached hydrogen (secondary N) is 1. The molecule has 0 heterocycles. The summed E-state index contributed by atoms with van der Waals surface area (Å²) in [5.41, 5.74) is 5.49. The van der Waals surface area contributed by atoms with Crippen LogP contribution in [0.25, 0.3) is 0 Å². The number of amides is 2. The third-order valence-electron chi connectivity index (χ3n) is 3.40. The topological polar surface area (TPSA) is 109 Å². The zero-order chi connectivity index (χ0) is 17.0. The van der Waals surface area contributed by atoms with E-state index >= 15 is 0 Å². The van der Waals surface area contributed by atoms with E-state index in [2.05, 4.69) is 12.2 Å². The molecule has 22 heavy (non-hydrogen) atoms. The van der Waals surface area contributed by atoms with Crippen molar-refractivity contribution >= 4 is 17.8 Å².